The molecular weight excluding hydrogens is 337 g/mol. The molecule has 3 aromatic rings. The summed E-state index contributed by atoms with van der Waals surface area (Å²) in [7, 11) is 0. The maximum absolute atomic E-state index is 13.8. The van der Waals surface area contributed by atoms with Gasteiger partial charge in [-0.1, -0.05) is 12.1 Å². The molecule has 0 bridgehead atoms. The molecule has 132 valence electrons. The average Bonchev–Trinajstić information content (AvgIpc) is 3.18. The zero-order valence-electron chi connectivity index (χ0n) is 13.9. The van der Waals surface area contributed by atoms with Crippen LogP contribution in [0.4, 0.5) is 4.39 Å². The minimum absolute atomic E-state index is 0.0302. The summed E-state index contributed by atoms with van der Waals surface area (Å²) in [4.78, 5) is 14.2. The van der Waals surface area contributed by atoms with Gasteiger partial charge in [0.2, 0.25) is 5.89 Å². The van der Waals surface area contributed by atoms with Gasteiger partial charge in [-0.2, -0.15) is 0 Å². The minimum atomic E-state index is -0.422. The van der Waals surface area contributed by atoms with Gasteiger partial charge in [0, 0.05) is 24.2 Å². The van der Waals surface area contributed by atoms with E-state index in [1.54, 1.807) is 47.4 Å². The van der Waals surface area contributed by atoms with Crippen LogP contribution >= 0.6 is 0 Å². The highest BCUT2D eigenvalue weighted by Gasteiger charge is 2.19. The molecule has 0 saturated carbocycles. The van der Waals surface area contributed by atoms with Crippen molar-refractivity contribution in [3.8, 4) is 22.9 Å². The zero-order valence-corrected chi connectivity index (χ0v) is 13.9. The second-order valence-corrected chi connectivity index (χ2v) is 5.87. The standard InChI is InChI=1S/C19H16FN3O3/c20-16-4-2-1-3-15(16)18-22-21-17(26-18)13-5-7-14(8-6-13)19(24)23-9-11-25-12-10-23/h1-8H,9-12H2. The molecule has 1 aliphatic heterocycles. The highest BCUT2D eigenvalue weighted by atomic mass is 19.1. The number of rotatable bonds is 3. The van der Waals surface area contributed by atoms with Crippen LogP contribution in [0.3, 0.4) is 0 Å². The number of carbonyl (C=O) groups is 1. The first-order chi connectivity index (χ1) is 12.7. The Hall–Kier alpha value is -3.06. The molecule has 0 spiro atoms. The van der Waals surface area contributed by atoms with Crippen LogP contribution in [0.5, 0.6) is 0 Å². The molecule has 2 heterocycles. The van der Waals surface area contributed by atoms with Gasteiger partial charge in [-0.25, -0.2) is 4.39 Å². The molecular formula is C19H16FN3O3. The fourth-order valence-electron chi connectivity index (χ4n) is 2.79. The van der Waals surface area contributed by atoms with Gasteiger partial charge in [0.25, 0.3) is 11.8 Å². The van der Waals surface area contributed by atoms with Gasteiger partial charge in [0.15, 0.2) is 0 Å². The van der Waals surface area contributed by atoms with E-state index in [1.807, 2.05) is 0 Å². The molecule has 1 saturated heterocycles. The Morgan fingerprint density at radius 2 is 1.65 bits per heavy atom. The van der Waals surface area contributed by atoms with Gasteiger partial charge in [0.05, 0.1) is 18.8 Å². The van der Waals surface area contributed by atoms with Crippen LogP contribution in [0.2, 0.25) is 0 Å². The zero-order chi connectivity index (χ0) is 17.9. The maximum Gasteiger partial charge on any atom is 0.254 e. The molecule has 7 heteroatoms. The van der Waals surface area contributed by atoms with Crippen molar-refractivity contribution < 1.29 is 18.3 Å². The van der Waals surface area contributed by atoms with Crippen molar-refractivity contribution in [3.63, 3.8) is 0 Å². The molecule has 26 heavy (non-hydrogen) atoms. The summed E-state index contributed by atoms with van der Waals surface area (Å²) in [6.45, 7) is 2.31. The second-order valence-electron chi connectivity index (χ2n) is 5.87. The monoisotopic (exact) mass is 353 g/mol. The summed E-state index contributed by atoms with van der Waals surface area (Å²) in [5.74, 6) is -0.0632. The van der Waals surface area contributed by atoms with Crippen LogP contribution in [0.1, 0.15) is 10.4 Å². The van der Waals surface area contributed by atoms with E-state index >= 15 is 0 Å². The van der Waals surface area contributed by atoms with Crippen LogP contribution in [0.15, 0.2) is 52.9 Å². The number of halogens is 1. The lowest BCUT2D eigenvalue weighted by atomic mass is 10.1. The molecule has 0 N–H and O–H groups in total. The van der Waals surface area contributed by atoms with Crippen molar-refractivity contribution in [2.45, 2.75) is 0 Å². The van der Waals surface area contributed by atoms with Gasteiger partial charge in [-0.15, -0.1) is 10.2 Å². The molecule has 0 unspecified atom stereocenters. The number of amides is 1. The predicted octanol–water partition coefficient (Wildman–Crippen LogP) is 3.02. The first-order valence-electron chi connectivity index (χ1n) is 8.28. The smallest absolute Gasteiger partial charge is 0.254 e. The summed E-state index contributed by atoms with van der Waals surface area (Å²) < 4.78 is 24.7. The normalized spacial score (nSPS) is 14.4. The third-order valence-electron chi connectivity index (χ3n) is 4.21. The Kier molecular flexibility index (Phi) is 4.45. The van der Waals surface area contributed by atoms with E-state index in [-0.39, 0.29) is 23.3 Å². The highest BCUT2D eigenvalue weighted by molar-refractivity contribution is 5.94. The van der Waals surface area contributed by atoms with E-state index in [9.17, 15) is 9.18 Å². The number of benzene rings is 2. The van der Waals surface area contributed by atoms with E-state index in [1.165, 1.54) is 6.07 Å². The SMILES string of the molecule is O=C(c1ccc(-c2nnc(-c3ccccc3F)o2)cc1)N1CCOCC1. The van der Waals surface area contributed by atoms with Crippen LogP contribution in [0.25, 0.3) is 22.9 Å². The molecule has 1 amide bonds. The van der Waals surface area contributed by atoms with Crippen LogP contribution in [-0.4, -0.2) is 47.3 Å². The number of ether oxygens (including phenoxy) is 1. The molecule has 6 nitrogen and oxygen atoms in total. The Labute approximate surface area is 149 Å². The second kappa shape index (κ2) is 7.05. The molecule has 2 aromatic carbocycles. The summed E-state index contributed by atoms with van der Waals surface area (Å²) in [5, 5.41) is 7.88. The summed E-state index contributed by atoms with van der Waals surface area (Å²) in [6, 6.07) is 13.1. The molecule has 0 aliphatic carbocycles. The first-order valence-corrected chi connectivity index (χ1v) is 8.28. The number of hydrogen-bond donors (Lipinski definition) is 0. The van der Waals surface area contributed by atoms with Gasteiger partial charge in [-0.05, 0) is 36.4 Å². The van der Waals surface area contributed by atoms with Gasteiger partial charge >= 0.3 is 0 Å². The summed E-state index contributed by atoms with van der Waals surface area (Å²) in [6.07, 6.45) is 0. The Bertz CT molecular complexity index is 918. The summed E-state index contributed by atoms with van der Waals surface area (Å²) >= 11 is 0. The van der Waals surface area contributed by atoms with Crippen LogP contribution < -0.4 is 0 Å². The fraction of sp³-hybridized carbons (Fsp3) is 0.211. The van der Waals surface area contributed by atoms with Crippen molar-refractivity contribution in [2.75, 3.05) is 26.3 Å². The fourth-order valence-corrected chi connectivity index (χ4v) is 2.79. The number of nitrogens with zero attached hydrogens (tertiary/aromatic N) is 3. The van der Waals surface area contributed by atoms with Crippen molar-refractivity contribution in [1.82, 2.24) is 15.1 Å². The highest BCUT2D eigenvalue weighted by Crippen LogP contribution is 2.26. The lowest BCUT2D eigenvalue weighted by Gasteiger charge is -2.26. The molecule has 1 aromatic heterocycles. The molecule has 1 aliphatic rings. The lowest BCUT2D eigenvalue weighted by molar-refractivity contribution is 0.0303. The quantitative estimate of drug-likeness (QED) is 0.724. The van der Waals surface area contributed by atoms with Gasteiger partial charge in [0.1, 0.15) is 5.82 Å². The number of morpholine rings is 1. The van der Waals surface area contributed by atoms with Crippen molar-refractivity contribution in [1.29, 1.82) is 0 Å². The topological polar surface area (TPSA) is 68.5 Å². The molecule has 1 fully saturated rings. The van der Waals surface area contributed by atoms with Gasteiger partial charge < -0.3 is 14.1 Å². The summed E-state index contributed by atoms with van der Waals surface area (Å²) in [5.41, 5.74) is 1.51. The number of carbonyl (C=O) groups excluding carboxylic acids is 1. The largest absolute Gasteiger partial charge is 0.416 e. The Morgan fingerprint density at radius 1 is 0.962 bits per heavy atom. The predicted molar refractivity (Wildman–Crippen MR) is 91.9 cm³/mol. The minimum Gasteiger partial charge on any atom is -0.416 e. The Balaban J connectivity index is 1.54. The van der Waals surface area contributed by atoms with Crippen LogP contribution in [-0.2, 0) is 4.74 Å². The molecule has 4 rings (SSSR count). The van der Waals surface area contributed by atoms with E-state index in [4.69, 9.17) is 9.15 Å². The Morgan fingerprint density at radius 3 is 2.38 bits per heavy atom. The van der Waals surface area contributed by atoms with Crippen LogP contribution in [0, 0.1) is 5.82 Å². The van der Waals surface area contributed by atoms with E-state index in [2.05, 4.69) is 10.2 Å². The van der Waals surface area contributed by atoms with Crippen molar-refractivity contribution in [3.05, 3.63) is 59.9 Å². The lowest BCUT2D eigenvalue weighted by Crippen LogP contribution is -2.40. The number of aromatic nitrogens is 2. The van der Waals surface area contributed by atoms with E-state index < -0.39 is 5.82 Å². The average molecular weight is 353 g/mol. The first kappa shape index (κ1) is 16.4. The van der Waals surface area contributed by atoms with E-state index in [0.717, 1.165) is 0 Å². The molecule has 0 radical (unpaired) electrons. The third-order valence-corrected chi connectivity index (χ3v) is 4.21. The number of hydrogen-bond acceptors (Lipinski definition) is 5. The third kappa shape index (κ3) is 3.21. The van der Waals surface area contributed by atoms with Crippen molar-refractivity contribution in [2.24, 2.45) is 0 Å². The van der Waals surface area contributed by atoms with Crippen molar-refractivity contribution >= 4 is 5.91 Å². The van der Waals surface area contributed by atoms with Gasteiger partial charge in [-0.3, -0.25) is 4.79 Å². The van der Waals surface area contributed by atoms with E-state index in [0.29, 0.717) is 37.4 Å². The maximum atomic E-state index is 13.8. The molecule has 0 atom stereocenters.